The molecule has 3 aromatic rings. The number of anilines is 3. The van der Waals surface area contributed by atoms with E-state index in [9.17, 15) is 18.4 Å². The van der Waals surface area contributed by atoms with Gasteiger partial charge in [-0.05, 0) is 48.9 Å². The topological polar surface area (TPSA) is 96.0 Å². The van der Waals surface area contributed by atoms with Crippen LogP contribution in [0.1, 0.15) is 16.8 Å². The van der Waals surface area contributed by atoms with Crippen LogP contribution in [0.3, 0.4) is 0 Å². The Labute approximate surface area is 213 Å². The quantitative estimate of drug-likeness (QED) is 0.510. The number of hydrogen-bond donors (Lipinski definition) is 2. The van der Waals surface area contributed by atoms with Crippen LogP contribution >= 0.6 is 0 Å². The standard InChI is InChI=1S/C26H27F2N5O4/c1-36-22-8-4-17(14-23(22)37-2)25(34)33-11-3-10-32(12-13-33)24-9-6-19(16-29-24)31-26(35)30-18-5-7-20(27)21(28)15-18/h4-9,14-16H,3,10-13H2,1-2H3,(H2,30,31,35). The molecule has 0 bridgehead atoms. The molecule has 0 spiro atoms. The lowest BCUT2D eigenvalue weighted by atomic mass is 10.1. The Balaban J connectivity index is 1.34. The van der Waals surface area contributed by atoms with Crippen molar-refractivity contribution in [2.75, 3.05) is 55.9 Å². The summed E-state index contributed by atoms with van der Waals surface area (Å²) in [4.78, 5) is 33.6. The average Bonchev–Trinajstić information content (AvgIpc) is 3.17. The Bertz CT molecular complexity index is 1270. The predicted molar refractivity (Wildman–Crippen MR) is 136 cm³/mol. The van der Waals surface area contributed by atoms with Crippen LogP contribution in [0.5, 0.6) is 11.5 Å². The highest BCUT2D eigenvalue weighted by atomic mass is 19.2. The molecule has 1 saturated heterocycles. The lowest BCUT2D eigenvalue weighted by Gasteiger charge is -2.23. The Hall–Kier alpha value is -4.41. The number of methoxy groups -OCH3 is 2. The zero-order valence-electron chi connectivity index (χ0n) is 20.5. The summed E-state index contributed by atoms with van der Waals surface area (Å²) >= 11 is 0. The largest absolute Gasteiger partial charge is 0.493 e. The van der Waals surface area contributed by atoms with Crippen molar-refractivity contribution in [1.82, 2.24) is 9.88 Å². The van der Waals surface area contributed by atoms with Gasteiger partial charge < -0.3 is 29.9 Å². The number of pyridine rings is 1. The zero-order valence-corrected chi connectivity index (χ0v) is 20.5. The molecule has 194 valence electrons. The second-order valence-electron chi connectivity index (χ2n) is 8.32. The Kier molecular flexibility index (Phi) is 8.02. The Morgan fingerprint density at radius 1 is 0.838 bits per heavy atom. The van der Waals surface area contributed by atoms with Gasteiger partial charge in [-0.1, -0.05) is 0 Å². The van der Waals surface area contributed by atoms with E-state index in [4.69, 9.17) is 9.47 Å². The molecule has 1 fully saturated rings. The number of benzene rings is 2. The van der Waals surface area contributed by atoms with Gasteiger partial charge in [0.15, 0.2) is 23.1 Å². The van der Waals surface area contributed by atoms with E-state index in [1.807, 2.05) is 0 Å². The number of urea groups is 1. The maximum absolute atomic E-state index is 13.3. The number of nitrogens with zero attached hydrogens (tertiary/aromatic N) is 3. The van der Waals surface area contributed by atoms with Gasteiger partial charge in [-0.3, -0.25) is 4.79 Å². The molecule has 2 aromatic carbocycles. The molecule has 2 heterocycles. The van der Waals surface area contributed by atoms with Crippen LogP contribution in [-0.4, -0.2) is 62.2 Å². The maximum atomic E-state index is 13.3. The third-order valence-electron chi connectivity index (χ3n) is 5.92. The molecule has 1 aliphatic heterocycles. The van der Waals surface area contributed by atoms with Gasteiger partial charge in [0.2, 0.25) is 0 Å². The fraction of sp³-hybridized carbons (Fsp3) is 0.269. The summed E-state index contributed by atoms with van der Waals surface area (Å²) in [5, 5.41) is 5.05. The molecule has 37 heavy (non-hydrogen) atoms. The number of carbonyl (C=O) groups excluding carboxylic acids is 2. The van der Waals surface area contributed by atoms with Crippen molar-refractivity contribution in [1.29, 1.82) is 0 Å². The maximum Gasteiger partial charge on any atom is 0.323 e. The summed E-state index contributed by atoms with van der Waals surface area (Å²) < 4.78 is 36.9. The molecule has 4 rings (SSSR count). The van der Waals surface area contributed by atoms with Gasteiger partial charge in [-0.2, -0.15) is 0 Å². The third-order valence-corrected chi connectivity index (χ3v) is 5.92. The number of aromatic nitrogens is 1. The molecule has 0 unspecified atom stereocenters. The highest BCUT2D eigenvalue weighted by molar-refractivity contribution is 5.99. The first-order valence-corrected chi connectivity index (χ1v) is 11.6. The summed E-state index contributed by atoms with van der Waals surface area (Å²) in [7, 11) is 3.08. The molecule has 0 radical (unpaired) electrons. The molecule has 2 N–H and O–H groups in total. The van der Waals surface area contributed by atoms with Crippen molar-refractivity contribution in [2.24, 2.45) is 0 Å². The van der Waals surface area contributed by atoms with Crippen molar-refractivity contribution < 1.29 is 27.8 Å². The summed E-state index contributed by atoms with van der Waals surface area (Å²) in [6, 6.07) is 11.1. The van der Waals surface area contributed by atoms with Crippen molar-refractivity contribution in [3.8, 4) is 11.5 Å². The number of halogens is 2. The number of rotatable bonds is 6. The van der Waals surface area contributed by atoms with Gasteiger partial charge in [-0.15, -0.1) is 0 Å². The molecule has 3 amide bonds. The van der Waals surface area contributed by atoms with Crippen LogP contribution in [0.4, 0.5) is 30.8 Å². The van der Waals surface area contributed by atoms with Crippen LogP contribution in [0.25, 0.3) is 0 Å². The second kappa shape index (κ2) is 11.5. The van der Waals surface area contributed by atoms with E-state index in [1.165, 1.54) is 19.4 Å². The number of carbonyl (C=O) groups is 2. The second-order valence-corrected chi connectivity index (χ2v) is 8.32. The number of nitrogens with one attached hydrogen (secondary N) is 2. The smallest absolute Gasteiger partial charge is 0.323 e. The van der Waals surface area contributed by atoms with E-state index < -0.39 is 17.7 Å². The lowest BCUT2D eigenvalue weighted by molar-refractivity contribution is 0.0766. The van der Waals surface area contributed by atoms with Gasteiger partial charge in [0.05, 0.1) is 26.1 Å². The fourth-order valence-electron chi connectivity index (χ4n) is 4.02. The third kappa shape index (κ3) is 6.24. The molecule has 1 aliphatic rings. The molecular formula is C26H27F2N5O4. The van der Waals surface area contributed by atoms with E-state index in [-0.39, 0.29) is 11.6 Å². The van der Waals surface area contributed by atoms with Gasteiger partial charge >= 0.3 is 6.03 Å². The minimum Gasteiger partial charge on any atom is -0.493 e. The average molecular weight is 512 g/mol. The van der Waals surface area contributed by atoms with Crippen LogP contribution in [-0.2, 0) is 0 Å². The Morgan fingerprint density at radius 2 is 1.59 bits per heavy atom. The molecule has 9 nitrogen and oxygen atoms in total. The fourth-order valence-corrected chi connectivity index (χ4v) is 4.02. The molecule has 1 aromatic heterocycles. The van der Waals surface area contributed by atoms with Crippen molar-refractivity contribution in [3.05, 3.63) is 71.9 Å². The van der Waals surface area contributed by atoms with E-state index in [0.29, 0.717) is 54.7 Å². The molecule has 11 heteroatoms. The van der Waals surface area contributed by atoms with Crippen LogP contribution in [0.2, 0.25) is 0 Å². The molecular weight excluding hydrogens is 484 g/mol. The van der Waals surface area contributed by atoms with Gasteiger partial charge in [0, 0.05) is 43.5 Å². The predicted octanol–water partition coefficient (Wildman–Crippen LogP) is 4.37. The van der Waals surface area contributed by atoms with Gasteiger partial charge in [0.1, 0.15) is 5.82 Å². The Morgan fingerprint density at radius 3 is 2.30 bits per heavy atom. The minimum atomic E-state index is -1.05. The normalized spacial score (nSPS) is 13.5. The van der Waals surface area contributed by atoms with Gasteiger partial charge in [0.25, 0.3) is 5.91 Å². The first kappa shape index (κ1) is 25.7. The first-order chi connectivity index (χ1) is 17.9. The van der Waals surface area contributed by atoms with E-state index >= 15 is 0 Å². The molecule has 0 atom stereocenters. The van der Waals surface area contributed by atoms with Crippen LogP contribution in [0, 0.1) is 11.6 Å². The highest BCUT2D eigenvalue weighted by Gasteiger charge is 2.22. The summed E-state index contributed by atoms with van der Waals surface area (Å²) in [5.74, 6) is -0.347. The van der Waals surface area contributed by atoms with Crippen molar-refractivity contribution in [2.45, 2.75) is 6.42 Å². The van der Waals surface area contributed by atoms with Crippen LogP contribution in [0.15, 0.2) is 54.7 Å². The van der Waals surface area contributed by atoms with Crippen molar-refractivity contribution in [3.63, 3.8) is 0 Å². The van der Waals surface area contributed by atoms with Crippen LogP contribution < -0.4 is 25.0 Å². The summed E-state index contributed by atoms with van der Waals surface area (Å²) in [6.45, 7) is 2.43. The number of hydrogen-bond acceptors (Lipinski definition) is 6. The van der Waals surface area contributed by atoms with E-state index in [0.717, 1.165) is 18.6 Å². The highest BCUT2D eigenvalue weighted by Crippen LogP contribution is 2.28. The van der Waals surface area contributed by atoms with E-state index in [2.05, 4.69) is 20.5 Å². The molecule has 0 saturated carbocycles. The number of ether oxygens (including phenoxy) is 2. The monoisotopic (exact) mass is 511 g/mol. The SMILES string of the molecule is COc1ccc(C(=O)N2CCCN(c3ccc(NC(=O)Nc4ccc(F)c(F)c4)cn3)CC2)cc1OC. The summed E-state index contributed by atoms with van der Waals surface area (Å²) in [5.41, 5.74) is 1.09. The van der Waals surface area contributed by atoms with E-state index in [1.54, 1.807) is 42.3 Å². The lowest BCUT2D eigenvalue weighted by Crippen LogP contribution is -2.35. The number of amides is 3. The molecule has 0 aliphatic carbocycles. The summed E-state index contributed by atoms with van der Waals surface area (Å²) in [6.07, 6.45) is 2.27. The van der Waals surface area contributed by atoms with Crippen molar-refractivity contribution >= 4 is 29.1 Å². The zero-order chi connectivity index (χ0) is 26.4. The first-order valence-electron chi connectivity index (χ1n) is 11.6. The van der Waals surface area contributed by atoms with Gasteiger partial charge in [-0.25, -0.2) is 18.6 Å². The minimum absolute atomic E-state index is 0.0811.